The molecule has 1 saturated heterocycles. The van der Waals surface area contributed by atoms with Gasteiger partial charge in [0.25, 0.3) is 0 Å². The first-order valence-electron chi connectivity index (χ1n) is 5.27. The molecule has 1 aliphatic heterocycles. The van der Waals surface area contributed by atoms with Crippen molar-refractivity contribution in [1.82, 2.24) is 5.32 Å². The van der Waals surface area contributed by atoms with Crippen molar-refractivity contribution in [2.75, 3.05) is 19.7 Å². The number of hydrogen-bond donors (Lipinski definition) is 2. The standard InChI is InChI=1S/C11H17NOS/c13-8-10(11-2-1-7-14-11)9-3-5-12-6-4-9/h1-2,7,9-10,12-13H,3-6,8H2. The highest BCUT2D eigenvalue weighted by molar-refractivity contribution is 7.10. The molecule has 0 aromatic carbocycles. The minimum absolute atomic E-state index is 0.297. The quantitative estimate of drug-likeness (QED) is 0.799. The lowest BCUT2D eigenvalue weighted by molar-refractivity contribution is 0.203. The Morgan fingerprint density at radius 1 is 1.50 bits per heavy atom. The van der Waals surface area contributed by atoms with E-state index in [2.05, 4.69) is 22.8 Å². The van der Waals surface area contributed by atoms with Crippen molar-refractivity contribution >= 4 is 11.3 Å². The summed E-state index contributed by atoms with van der Waals surface area (Å²) in [5, 5.41) is 14.9. The molecule has 1 fully saturated rings. The molecule has 2 N–H and O–H groups in total. The van der Waals surface area contributed by atoms with Crippen LogP contribution < -0.4 is 5.32 Å². The topological polar surface area (TPSA) is 32.3 Å². The molecule has 1 unspecified atom stereocenters. The molecule has 2 nitrogen and oxygen atoms in total. The minimum Gasteiger partial charge on any atom is -0.396 e. The van der Waals surface area contributed by atoms with E-state index in [-0.39, 0.29) is 0 Å². The first kappa shape index (κ1) is 10.1. The van der Waals surface area contributed by atoms with Crippen LogP contribution in [0.5, 0.6) is 0 Å². The Balaban J connectivity index is 2.04. The van der Waals surface area contributed by atoms with Gasteiger partial charge in [0.2, 0.25) is 0 Å². The molecule has 0 radical (unpaired) electrons. The molecule has 0 bridgehead atoms. The summed E-state index contributed by atoms with van der Waals surface area (Å²) in [5.41, 5.74) is 0. The third-order valence-corrected chi connectivity index (χ3v) is 4.06. The van der Waals surface area contributed by atoms with Gasteiger partial charge in [-0.25, -0.2) is 0 Å². The highest BCUT2D eigenvalue weighted by atomic mass is 32.1. The fraction of sp³-hybridized carbons (Fsp3) is 0.636. The van der Waals surface area contributed by atoms with Crippen molar-refractivity contribution in [3.63, 3.8) is 0 Å². The van der Waals surface area contributed by atoms with Gasteiger partial charge in [-0.1, -0.05) is 6.07 Å². The van der Waals surface area contributed by atoms with Crippen LogP contribution in [0, 0.1) is 5.92 Å². The Hall–Kier alpha value is -0.380. The smallest absolute Gasteiger partial charge is 0.0510 e. The molecule has 78 valence electrons. The fourth-order valence-electron chi connectivity index (χ4n) is 2.22. The summed E-state index contributed by atoms with van der Waals surface area (Å²) in [7, 11) is 0. The maximum atomic E-state index is 9.44. The van der Waals surface area contributed by atoms with Crippen LogP contribution in [0.25, 0.3) is 0 Å². The average molecular weight is 211 g/mol. The van der Waals surface area contributed by atoms with Gasteiger partial charge in [-0.05, 0) is 43.3 Å². The predicted octanol–water partition coefficient (Wildman–Crippen LogP) is 1.82. The normalized spacial score (nSPS) is 20.9. The van der Waals surface area contributed by atoms with Crippen molar-refractivity contribution in [2.45, 2.75) is 18.8 Å². The molecule has 1 aromatic rings. The summed E-state index contributed by atoms with van der Waals surface area (Å²) in [4.78, 5) is 1.35. The van der Waals surface area contributed by atoms with E-state index in [9.17, 15) is 5.11 Å². The van der Waals surface area contributed by atoms with Gasteiger partial charge in [-0.15, -0.1) is 11.3 Å². The molecule has 2 rings (SSSR count). The molecular formula is C11H17NOS. The molecule has 0 saturated carbocycles. The summed E-state index contributed by atoms with van der Waals surface area (Å²) in [6.45, 7) is 2.50. The van der Waals surface area contributed by atoms with Crippen LogP contribution in [0.2, 0.25) is 0 Å². The SMILES string of the molecule is OCC(c1cccs1)C1CCNCC1. The van der Waals surface area contributed by atoms with Gasteiger partial charge < -0.3 is 10.4 Å². The van der Waals surface area contributed by atoms with Crippen molar-refractivity contribution in [3.05, 3.63) is 22.4 Å². The number of piperidine rings is 1. The second kappa shape index (κ2) is 4.91. The maximum absolute atomic E-state index is 9.44. The third kappa shape index (κ3) is 2.16. The van der Waals surface area contributed by atoms with Gasteiger partial charge in [0.05, 0.1) is 6.61 Å². The molecule has 14 heavy (non-hydrogen) atoms. The molecule has 3 heteroatoms. The average Bonchev–Trinajstić information content (AvgIpc) is 2.74. The number of aliphatic hydroxyl groups is 1. The van der Waals surface area contributed by atoms with E-state index in [0.717, 1.165) is 13.1 Å². The van der Waals surface area contributed by atoms with Crippen molar-refractivity contribution in [3.8, 4) is 0 Å². The molecule has 1 aliphatic rings. The van der Waals surface area contributed by atoms with Crippen LogP contribution in [0.3, 0.4) is 0 Å². The van der Waals surface area contributed by atoms with Gasteiger partial charge in [0.1, 0.15) is 0 Å². The van der Waals surface area contributed by atoms with E-state index in [1.165, 1.54) is 17.7 Å². The monoisotopic (exact) mass is 211 g/mol. The molecule has 0 spiro atoms. The molecule has 0 aliphatic carbocycles. The van der Waals surface area contributed by atoms with Gasteiger partial charge in [-0.3, -0.25) is 0 Å². The van der Waals surface area contributed by atoms with E-state index in [4.69, 9.17) is 0 Å². The Kier molecular flexibility index (Phi) is 3.56. The lowest BCUT2D eigenvalue weighted by Crippen LogP contribution is -2.31. The Bertz CT molecular complexity index is 254. The van der Waals surface area contributed by atoms with Crippen LogP contribution >= 0.6 is 11.3 Å². The highest BCUT2D eigenvalue weighted by Crippen LogP contribution is 2.32. The van der Waals surface area contributed by atoms with Crippen LogP contribution in [0.4, 0.5) is 0 Å². The van der Waals surface area contributed by atoms with Gasteiger partial charge in [0.15, 0.2) is 0 Å². The maximum Gasteiger partial charge on any atom is 0.0510 e. The van der Waals surface area contributed by atoms with Crippen LogP contribution in [0.1, 0.15) is 23.6 Å². The Labute approximate surface area is 89.0 Å². The minimum atomic E-state index is 0.297. The second-order valence-corrected chi connectivity index (χ2v) is 4.87. The van der Waals surface area contributed by atoms with Crippen LogP contribution in [0.15, 0.2) is 17.5 Å². The van der Waals surface area contributed by atoms with Crippen molar-refractivity contribution < 1.29 is 5.11 Å². The molecule has 1 atom stereocenters. The van der Waals surface area contributed by atoms with Crippen LogP contribution in [-0.2, 0) is 0 Å². The van der Waals surface area contributed by atoms with E-state index >= 15 is 0 Å². The summed E-state index contributed by atoms with van der Waals surface area (Å²) < 4.78 is 0. The number of hydrogen-bond acceptors (Lipinski definition) is 3. The van der Waals surface area contributed by atoms with Gasteiger partial charge >= 0.3 is 0 Å². The van der Waals surface area contributed by atoms with E-state index in [1.807, 2.05) is 0 Å². The third-order valence-electron chi connectivity index (χ3n) is 3.06. The number of nitrogens with one attached hydrogen (secondary N) is 1. The van der Waals surface area contributed by atoms with Gasteiger partial charge in [-0.2, -0.15) is 0 Å². The number of thiophene rings is 1. The largest absolute Gasteiger partial charge is 0.396 e. The summed E-state index contributed by atoms with van der Waals surface area (Å²) >= 11 is 1.77. The van der Waals surface area contributed by atoms with E-state index in [1.54, 1.807) is 11.3 Å². The molecular weight excluding hydrogens is 194 g/mol. The summed E-state index contributed by atoms with van der Waals surface area (Å²) in [5.74, 6) is 1.04. The zero-order valence-electron chi connectivity index (χ0n) is 8.28. The zero-order chi connectivity index (χ0) is 9.80. The van der Waals surface area contributed by atoms with Gasteiger partial charge in [0, 0.05) is 10.8 Å². The fourth-order valence-corrected chi connectivity index (χ4v) is 3.13. The molecule has 1 aromatic heterocycles. The predicted molar refractivity (Wildman–Crippen MR) is 59.7 cm³/mol. The van der Waals surface area contributed by atoms with Crippen LogP contribution in [-0.4, -0.2) is 24.8 Å². The summed E-state index contributed by atoms with van der Waals surface area (Å²) in [6, 6.07) is 4.22. The first-order valence-corrected chi connectivity index (χ1v) is 6.14. The zero-order valence-corrected chi connectivity index (χ0v) is 9.09. The molecule has 2 heterocycles. The van der Waals surface area contributed by atoms with E-state index < -0.39 is 0 Å². The highest BCUT2D eigenvalue weighted by Gasteiger charge is 2.24. The first-order chi connectivity index (χ1) is 6.92. The van der Waals surface area contributed by atoms with Crippen molar-refractivity contribution in [2.24, 2.45) is 5.92 Å². The lowest BCUT2D eigenvalue weighted by Gasteiger charge is -2.28. The second-order valence-electron chi connectivity index (χ2n) is 3.89. The van der Waals surface area contributed by atoms with Crippen molar-refractivity contribution in [1.29, 1.82) is 0 Å². The number of rotatable bonds is 3. The Morgan fingerprint density at radius 2 is 2.29 bits per heavy atom. The van der Waals surface area contributed by atoms with E-state index in [0.29, 0.717) is 18.4 Å². The Morgan fingerprint density at radius 3 is 2.86 bits per heavy atom. The molecule has 0 amide bonds. The summed E-state index contributed by atoms with van der Waals surface area (Å²) in [6.07, 6.45) is 2.40. The number of aliphatic hydroxyl groups excluding tert-OH is 1. The lowest BCUT2D eigenvalue weighted by atomic mass is 9.84.